The number of halogens is 3. The van der Waals surface area contributed by atoms with E-state index in [0.717, 1.165) is 6.07 Å². The number of hydrogen-bond donors (Lipinski definition) is 2. The molecule has 0 spiro atoms. The van der Waals surface area contributed by atoms with Gasteiger partial charge in [-0.1, -0.05) is 12.1 Å². The molecule has 1 rings (SSSR count). The van der Waals surface area contributed by atoms with Crippen LogP contribution in [0.4, 0.5) is 8.78 Å². The molecule has 13 heavy (non-hydrogen) atoms. The third-order valence-electron chi connectivity index (χ3n) is 1.57. The van der Waals surface area contributed by atoms with Crippen LogP contribution in [-0.4, -0.2) is 6.54 Å². The van der Waals surface area contributed by atoms with Crippen LogP contribution in [0.15, 0.2) is 18.2 Å². The highest BCUT2D eigenvalue weighted by molar-refractivity contribution is 5.85. The van der Waals surface area contributed by atoms with Crippen LogP contribution in [0.2, 0.25) is 0 Å². The summed E-state index contributed by atoms with van der Waals surface area (Å²) in [5.74, 6) is 3.40. The van der Waals surface area contributed by atoms with Crippen LogP contribution in [0.1, 0.15) is 5.56 Å². The predicted octanol–water partition coefficient (Wildman–Crippen LogP) is 1.39. The summed E-state index contributed by atoms with van der Waals surface area (Å²) in [6.07, 6.45) is 0.389. The molecule has 0 heterocycles. The largest absolute Gasteiger partial charge is 0.271 e. The normalized spacial score (nSPS) is 9.46. The number of hydrazine groups is 1. The highest BCUT2D eigenvalue weighted by Crippen LogP contribution is 2.10. The third-order valence-corrected chi connectivity index (χ3v) is 1.57. The lowest BCUT2D eigenvalue weighted by atomic mass is 10.1. The Kier molecular flexibility index (Phi) is 5.53. The Morgan fingerprint density at radius 3 is 2.62 bits per heavy atom. The maximum absolute atomic E-state index is 12.9. The summed E-state index contributed by atoms with van der Waals surface area (Å²) in [6, 6.07) is 4.11. The van der Waals surface area contributed by atoms with Gasteiger partial charge in [0, 0.05) is 6.54 Å². The van der Waals surface area contributed by atoms with Gasteiger partial charge in [0.25, 0.3) is 0 Å². The molecular weight excluding hydrogens is 198 g/mol. The lowest BCUT2D eigenvalue weighted by Gasteiger charge is -2.02. The molecule has 0 unspecified atom stereocenters. The van der Waals surface area contributed by atoms with Gasteiger partial charge in [0.15, 0.2) is 11.6 Å². The van der Waals surface area contributed by atoms with E-state index in [1.54, 1.807) is 0 Å². The first-order valence-electron chi connectivity index (χ1n) is 3.62. The molecule has 0 atom stereocenters. The SMILES string of the molecule is Cl.NNCCc1cccc(F)c1F. The second-order valence-corrected chi connectivity index (χ2v) is 2.42. The highest BCUT2D eigenvalue weighted by Gasteiger charge is 2.05. The smallest absolute Gasteiger partial charge is 0.162 e. The molecule has 3 N–H and O–H groups in total. The molecule has 2 nitrogen and oxygen atoms in total. The second kappa shape index (κ2) is 5.85. The highest BCUT2D eigenvalue weighted by atomic mass is 35.5. The fraction of sp³-hybridized carbons (Fsp3) is 0.250. The van der Waals surface area contributed by atoms with E-state index in [-0.39, 0.29) is 12.4 Å². The summed E-state index contributed by atoms with van der Waals surface area (Å²) in [4.78, 5) is 0. The molecule has 0 aliphatic heterocycles. The summed E-state index contributed by atoms with van der Waals surface area (Å²) in [7, 11) is 0. The van der Waals surface area contributed by atoms with E-state index < -0.39 is 11.6 Å². The second-order valence-electron chi connectivity index (χ2n) is 2.42. The molecule has 0 saturated carbocycles. The topological polar surface area (TPSA) is 38.0 Å². The summed E-state index contributed by atoms with van der Waals surface area (Å²) in [6.45, 7) is 0.431. The molecule has 1 aromatic carbocycles. The minimum absolute atomic E-state index is 0. The fourth-order valence-electron chi connectivity index (χ4n) is 0.948. The first-order chi connectivity index (χ1) is 5.75. The molecule has 0 bridgehead atoms. The molecule has 0 aliphatic rings. The van der Waals surface area contributed by atoms with E-state index in [4.69, 9.17) is 5.84 Å². The predicted molar refractivity (Wildman–Crippen MR) is 49.5 cm³/mol. The zero-order chi connectivity index (χ0) is 8.97. The van der Waals surface area contributed by atoms with Gasteiger partial charge in [-0.2, -0.15) is 0 Å². The first kappa shape index (κ1) is 12.3. The molecule has 74 valence electrons. The van der Waals surface area contributed by atoms with Crippen molar-refractivity contribution < 1.29 is 8.78 Å². The zero-order valence-corrected chi connectivity index (χ0v) is 7.70. The van der Waals surface area contributed by atoms with Crippen molar-refractivity contribution in [3.63, 3.8) is 0 Å². The van der Waals surface area contributed by atoms with Gasteiger partial charge in [0.1, 0.15) is 0 Å². The Bertz CT molecular complexity index is 268. The van der Waals surface area contributed by atoms with E-state index in [9.17, 15) is 8.78 Å². The Morgan fingerprint density at radius 1 is 1.31 bits per heavy atom. The quantitative estimate of drug-likeness (QED) is 0.582. The van der Waals surface area contributed by atoms with E-state index in [1.165, 1.54) is 12.1 Å². The summed E-state index contributed by atoms with van der Waals surface area (Å²) in [5.41, 5.74) is 2.71. The van der Waals surface area contributed by atoms with Gasteiger partial charge in [0.2, 0.25) is 0 Å². The van der Waals surface area contributed by atoms with Gasteiger partial charge in [0.05, 0.1) is 0 Å². The van der Waals surface area contributed by atoms with Crippen molar-refractivity contribution in [2.45, 2.75) is 6.42 Å². The van der Waals surface area contributed by atoms with E-state index >= 15 is 0 Å². The maximum Gasteiger partial charge on any atom is 0.162 e. The van der Waals surface area contributed by atoms with Crippen molar-refractivity contribution >= 4 is 12.4 Å². The Balaban J connectivity index is 0.00000144. The van der Waals surface area contributed by atoms with Gasteiger partial charge >= 0.3 is 0 Å². The summed E-state index contributed by atoms with van der Waals surface area (Å²) >= 11 is 0. The average molecular weight is 209 g/mol. The number of nitrogens with two attached hydrogens (primary N) is 1. The fourth-order valence-corrected chi connectivity index (χ4v) is 0.948. The van der Waals surface area contributed by atoms with Crippen LogP contribution in [0.25, 0.3) is 0 Å². The molecule has 1 aromatic rings. The van der Waals surface area contributed by atoms with Crippen LogP contribution < -0.4 is 11.3 Å². The molecular formula is C8H11ClF2N2. The van der Waals surface area contributed by atoms with Crippen molar-refractivity contribution in [1.82, 2.24) is 5.43 Å². The Morgan fingerprint density at radius 2 is 2.00 bits per heavy atom. The van der Waals surface area contributed by atoms with Crippen molar-refractivity contribution in [3.05, 3.63) is 35.4 Å². The lowest BCUT2D eigenvalue weighted by Crippen LogP contribution is -2.24. The Labute approximate surface area is 81.5 Å². The zero-order valence-electron chi connectivity index (χ0n) is 6.89. The van der Waals surface area contributed by atoms with Crippen LogP contribution in [0, 0.1) is 11.6 Å². The monoisotopic (exact) mass is 208 g/mol. The molecule has 0 aromatic heterocycles. The van der Waals surface area contributed by atoms with Crippen molar-refractivity contribution in [3.8, 4) is 0 Å². The van der Waals surface area contributed by atoms with Crippen molar-refractivity contribution in [2.24, 2.45) is 5.84 Å². The number of benzene rings is 1. The molecule has 0 radical (unpaired) electrons. The maximum atomic E-state index is 12.9. The first-order valence-corrected chi connectivity index (χ1v) is 3.62. The minimum Gasteiger partial charge on any atom is -0.271 e. The van der Waals surface area contributed by atoms with Crippen molar-refractivity contribution in [1.29, 1.82) is 0 Å². The van der Waals surface area contributed by atoms with Crippen LogP contribution >= 0.6 is 12.4 Å². The Hall–Kier alpha value is -0.710. The number of rotatable bonds is 3. The van der Waals surface area contributed by atoms with Gasteiger partial charge in [-0.25, -0.2) is 8.78 Å². The van der Waals surface area contributed by atoms with E-state index in [0.29, 0.717) is 18.5 Å². The molecule has 0 saturated heterocycles. The van der Waals surface area contributed by atoms with E-state index in [1.807, 2.05) is 0 Å². The molecule has 5 heteroatoms. The number of nitrogens with one attached hydrogen (secondary N) is 1. The minimum atomic E-state index is -0.815. The van der Waals surface area contributed by atoms with Gasteiger partial charge in [-0.05, 0) is 18.1 Å². The molecule has 0 fully saturated rings. The van der Waals surface area contributed by atoms with Gasteiger partial charge < -0.3 is 0 Å². The van der Waals surface area contributed by atoms with E-state index in [2.05, 4.69) is 5.43 Å². The van der Waals surface area contributed by atoms with Crippen LogP contribution in [0.5, 0.6) is 0 Å². The van der Waals surface area contributed by atoms with Crippen LogP contribution in [0.3, 0.4) is 0 Å². The standard InChI is InChI=1S/C8H10F2N2.ClH/c9-7-3-1-2-6(8(7)10)4-5-12-11;/h1-3,12H,4-5,11H2;1H. The lowest BCUT2D eigenvalue weighted by molar-refractivity contribution is 0.497. The third kappa shape index (κ3) is 3.26. The molecule has 0 amide bonds. The number of hydrogen-bond acceptors (Lipinski definition) is 2. The van der Waals surface area contributed by atoms with Gasteiger partial charge in [-0.3, -0.25) is 11.3 Å². The van der Waals surface area contributed by atoms with Gasteiger partial charge in [-0.15, -0.1) is 12.4 Å². The van der Waals surface area contributed by atoms with Crippen LogP contribution in [-0.2, 0) is 6.42 Å². The van der Waals surface area contributed by atoms with Crippen molar-refractivity contribution in [2.75, 3.05) is 6.54 Å². The summed E-state index contributed by atoms with van der Waals surface area (Å²) < 4.78 is 25.5. The average Bonchev–Trinajstić information content (AvgIpc) is 2.08. The summed E-state index contributed by atoms with van der Waals surface area (Å²) in [5, 5.41) is 0. The molecule has 0 aliphatic carbocycles.